The number of rotatable bonds is 7. The van der Waals surface area contributed by atoms with Crippen LogP contribution in [0.1, 0.15) is 25.5 Å². The van der Waals surface area contributed by atoms with Crippen molar-refractivity contribution in [2.45, 2.75) is 19.9 Å². The van der Waals surface area contributed by atoms with Crippen molar-refractivity contribution < 1.29 is 23.5 Å². The first kappa shape index (κ1) is 22.6. The summed E-state index contributed by atoms with van der Waals surface area (Å²) in [6, 6.07) is 12.3. The van der Waals surface area contributed by atoms with Crippen LogP contribution in [0.15, 0.2) is 76.4 Å². The van der Waals surface area contributed by atoms with E-state index in [4.69, 9.17) is 9.47 Å². The van der Waals surface area contributed by atoms with Crippen molar-refractivity contribution in [3.8, 4) is 5.75 Å². The largest absolute Gasteiger partial charge is 0.484 e. The number of halogens is 1. The molecule has 1 N–H and O–H groups in total. The van der Waals surface area contributed by atoms with Gasteiger partial charge in [-0.25, -0.2) is 14.2 Å². The fraction of sp³-hybridized carbons (Fsp3) is 0.208. The molecule has 2 aliphatic rings. The van der Waals surface area contributed by atoms with Crippen LogP contribution in [0.25, 0.3) is 0 Å². The summed E-state index contributed by atoms with van der Waals surface area (Å²) in [5, 5.41) is 5.36. The number of carbonyl (C=O) groups is 2. The van der Waals surface area contributed by atoms with E-state index >= 15 is 0 Å². The standard InChI is InChI=1S/C24H22FN3O4S/c1-3-31-23(30)21-15(2)26-24-28(12-13-33-24)22(21)16-4-10-19(11-5-16)32-14-20(29)27-18-8-6-17(25)7-9-18/h4-13,22H,3,14H2,1-2H3,(H,27,29)/t22-/m1/s1. The number of aliphatic imine (C=N–C) groups is 1. The molecule has 0 unspecified atom stereocenters. The second-order valence-corrected chi connectivity index (χ2v) is 8.11. The monoisotopic (exact) mass is 467 g/mol. The van der Waals surface area contributed by atoms with Crippen LogP contribution in [-0.2, 0) is 14.3 Å². The van der Waals surface area contributed by atoms with E-state index in [1.807, 2.05) is 28.6 Å². The maximum absolute atomic E-state index is 13.0. The van der Waals surface area contributed by atoms with Gasteiger partial charge in [0, 0.05) is 11.9 Å². The highest BCUT2D eigenvalue weighted by Crippen LogP contribution is 2.41. The van der Waals surface area contributed by atoms with Gasteiger partial charge in [0.25, 0.3) is 5.91 Å². The van der Waals surface area contributed by atoms with Gasteiger partial charge in [-0.15, -0.1) is 0 Å². The molecular formula is C24H22FN3O4S. The lowest BCUT2D eigenvalue weighted by molar-refractivity contribution is -0.139. The molecule has 0 radical (unpaired) electrons. The van der Waals surface area contributed by atoms with Crippen molar-refractivity contribution in [2.24, 2.45) is 4.99 Å². The molecule has 1 amide bonds. The minimum atomic E-state index is -0.397. The lowest BCUT2D eigenvalue weighted by atomic mass is 9.95. The molecular weight excluding hydrogens is 445 g/mol. The van der Waals surface area contributed by atoms with Crippen LogP contribution in [-0.4, -0.2) is 35.2 Å². The lowest BCUT2D eigenvalue weighted by Gasteiger charge is -2.33. The average molecular weight is 468 g/mol. The zero-order valence-corrected chi connectivity index (χ0v) is 18.9. The van der Waals surface area contributed by atoms with E-state index in [1.54, 1.807) is 26.0 Å². The van der Waals surface area contributed by atoms with Gasteiger partial charge in [-0.1, -0.05) is 23.9 Å². The predicted molar refractivity (Wildman–Crippen MR) is 125 cm³/mol. The number of amides is 1. The molecule has 2 aromatic rings. The number of nitrogens with one attached hydrogen (secondary N) is 1. The summed E-state index contributed by atoms with van der Waals surface area (Å²) in [6.45, 7) is 3.65. The summed E-state index contributed by atoms with van der Waals surface area (Å²) in [5.41, 5.74) is 2.46. The third-order valence-electron chi connectivity index (χ3n) is 5.01. The van der Waals surface area contributed by atoms with Gasteiger partial charge in [0.1, 0.15) is 11.6 Å². The minimum absolute atomic E-state index is 0.199. The first-order chi connectivity index (χ1) is 16.0. The van der Waals surface area contributed by atoms with Crippen molar-refractivity contribution in [2.75, 3.05) is 18.5 Å². The summed E-state index contributed by atoms with van der Waals surface area (Å²) in [5.74, 6) is -0.630. The first-order valence-electron chi connectivity index (χ1n) is 10.3. The van der Waals surface area contributed by atoms with Crippen LogP contribution in [0.5, 0.6) is 5.75 Å². The lowest BCUT2D eigenvalue weighted by Crippen LogP contribution is -2.34. The summed E-state index contributed by atoms with van der Waals surface area (Å²) in [4.78, 5) is 31.3. The fourth-order valence-electron chi connectivity index (χ4n) is 3.52. The van der Waals surface area contributed by atoms with E-state index in [0.29, 0.717) is 22.7 Å². The molecule has 170 valence electrons. The van der Waals surface area contributed by atoms with Gasteiger partial charge in [-0.05, 0) is 61.2 Å². The van der Waals surface area contributed by atoms with E-state index in [0.717, 1.165) is 10.7 Å². The molecule has 0 fully saturated rings. The number of allylic oxidation sites excluding steroid dienone is 1. The van der Waals surface area contributed by atoms with E-state index in [1.165, 1.54) is 36.0 Å². The number of ether oxygens (including phenoxy) is 2. The third-order valence-corrected chi connectivity index (χ3v) is 5.78. The fourth-order valence-corrected chi connectivity index (χ4v) is 4.31. The predicted octanol–water partition coefficient (Wildman–Crippen LogP) is 4.61. The van der Waals surface area contributed by atoms with Crippen molar-refractivity contribution in [3.05, 3.63) is 82.8 Å². The molecule has 0 aromatic heterocycles. The molecule has 0 saturated carbocycles. The Morgan fingerprint density at radius 1 is 1.15 bits per heavy atom. The highest BCUT2D eigenvalue weighted by molar-refractivity contribution is 8.16. The van der Waals surface area contributed by atoms with Crippen LogP contribution in [0.4, 0.5) is 10.1 Å². The Labute approximate surface area is 195 Å². The molecule has 2 aromatic carbocycles. The number of hydrogen-bond donors (Lipinski definition) is 1. The summed E-state index contributed by atoms with van der Waals surface area (Å²) >= 11 is 1.49. The van der Waals surface area contributed by atoms with E-state index in [9.17, 15) is 14.0 Å². The Morgan fingerprint density at radius 3 is 2.58 bits per heavy atom. The normalized spacial score (nSPS) is 16.9. The Bertz CT molecular complexity index is 1140. The number of fused-ring (bicyclic) bond motifs is 1. The number of carbonyl (C=O) groups excluding carboxylic acids is 2. The van der Waals surface area contributed by atoms with Gasteiger partial charge in [0.15, 0.2) is 11.8 Å². The molecule has 2 aliphatic heterocycles. The molecule has 2 heterocycles. The summed E-state index contributed by atoms with van der Waals surface area (Å²) < 4.78 is 23.8. The van der Waals surface area contributed by atoms with Gasteiger partial charge in [0.2, 0.25) is 0 Å². The number of esters is 1. The maximum Gasteiger partial charge on any atom is 0.338 e. The highest BCUT2D eigenvalue weighted by atomic mass is 32.2. The van der Waals surface area contributed by atoms with Crippen LogP contribution < -0.4 is 10.1 Å². The molecule has 0 saturated heterocycles. The van der Waals surface area contributed by atoms with Crippen LogP contribution in [0.3, 0.4) is 0 Å². The number of thioether (sulfide) groups is 1. The number of anilines is 1. The number of amidine groups is 1. The topological polar surface area (TPSA) is 80.2 Å². The van der Waals surface area contributed by atoms with Gasteiger partial charge < -0.3 is 19.7 Å². The molecule has 1 atom stereocenters. The van der Waals surface area contributed by atoms with Gasteiger partial charge in [0.05, 0.1) is 23.9 Å². The van der Waals surface area contributed by atoms with Crippen LogP contribution in [0.2, 0.25) is 0 Å². The maximum atomic E-state index is 13.0. The molecule has 0 bridgehead atoms. The van der Waals surface area contributed by atoms with Crippen LogP contribution in [0, 0.1) is 5.82 Å². The van der Waals surface area contributed by atoms with E-state index in [2.05, 4.69) is 10.3 Å². The van der Waals surface area contributed by atoms with Crippen LogP contribution >= 0.6 is 11.8 Å². The SMILES string of the molecule is CCOC(=O)C1=C(C)N=C2SC=CN2[C@@H]1c1ccc(OCC(=O)Nc2ccc(F)cc2)cc1. The second kappa shape index (κ2) is 9.91. The number of nitrogens with zero attached hydrogens (tertiary/aromatic N) is 2. The van der Waals surface area contributed by atoms with Crippen molar-refractivity contribution in [1.82, 2.24) is 4.90 Å². The third kappa shape index (κ3) is 5.09. The smallest absolute Gasteiger partial charge is 0.338 e. The average Bonchev–Trinajstić information content (AvgIpc) is 3.27. The molecule has 4 rings (SSSR count). The number of hydrogen-bond acceptors (Lipinski definition) is 7. The van der Waals surface area contributed by atoms with Crippen molar-refractivity contribution in [1.29, 1.82) is 0 Å². The minimum Gasteiger partial charge on any atom is -0.484 e. The number of benzene rings is 2. The van der Waals surface area contributed by atoms with Gasteiger partial charge in [-0.2, -0.15) is 0 Å². The molecule has 0 spiro atoms. The zero-order chi connectivity index (χ0) is 23.4. The Hall–Kier alpha value is -3.59. The molecule has 9 heteroatoms. The second-order valence-electron chi connectivity index (χ2n) is 7.24. The molecule has 0 aliphatic carbocycles. The van der Waals surface area contributed by atoms with Crippen molar-refractivity contribution >= 4 is 34.5 Å². The van der Waals surface area contributed by atoms with E-state index in [-0.39, 0.29) is 31.0 Å². The van der Waals surface area contributed by atoms with Gasteiger partial charge >= 0.3 is 5.97 Å². The Kier molecular flexibility index (Phi) is 6.79. The molecule has 7 nitrogen and oxygen atoms in total. The highest BCUT2D eigenvalue weighted by Gasteiger charge is 2.37. The zero-order valence-electron chi connectivity index (χ0n) is 18.1. The Morgan fingerprint density at radius 2 is 1.88 bits per heavy atom. The quantitative estimate of drug-likeness (QED) is 0.599. The Balaban J connectivity index is 1.46. The van der Waals surface area contributed by atoms with Gasteiger partial charge in [-0.3, -0.25) is 4.79 Å². The summed E-state index contributed by atoms with van der Waals surface area (Å²) in [6.07, 6.45) is 1.89. The van der Waals surface area contributed by atoms with E-state index < -0.39 is 5.97 Å². The van der Waals surface area contributed by atoms with Crippen molar-refractivity contribution in [3.63, 3.8) is 0 Å². The first-order valence-corrected chi connectivity index (χ1v) is 11.2. The molecule has 33 heavy (non-hydrogen) atoms. The summed E-state index contributed by atoms with van der Waals surface area (Å²) in [7, 11) is 0.